The summed E-state index contributed by atoms with van der Waals surface area (Å²) in [6.45, 7) is 2.19. The number of tetrazole rings is 1. The number of aliphatic imine (C=N–C) groups is 1. The fourth-order valence-electron chi connectivity index (χ4n) is 5.83. The Morgan fingerprint density at radius 1 is 0.932 bits per heavy atom. The van der Waals surface area contributed by atoms with Gasteiger partial charge in [-0.25, -0.2) is 14.1 Å². The van der Waals surface area contributed by atoms with Gasteiger partial charge in [0.15, 0.2) is 6.54 Å². The molecule has 12 nitrogen and oxygen atoms in total. The number of carbonyl (C=O) groups is 1. The van der Waals surface area contributed by atoms with Crippen LogP contribution in [0.1, 0.15) is 24.5 Å². The zero-order chi connectivity index (χ0) is 30.7. The number of H-pyrrole nitrogens is 2. The minimum absolute atomic E-state index is 0.154. The fourth-order valence-corrected chi connectivity index (χ4v) is 5.83. The van der Waals surface area contributed by atoms with E-state index in [1.165, 1.54) is 11.7 Å². The van der Waals surface area contributed by atoms with Crippen molar-refractivity contribution in [2.45, 2.75) is 32.9 Å². The Hall–Kier alpha value is -5.49. The first-order valence-electron chi connectivity index (χ1n) is 14.3. The van der Waals surface area contributed by atoms with E-state index in [1.807, 2.05) is 85.8 Å². The lowest BCUT2D eigenvalue weighted by Crippen LogP contribution is -2.57. The molecule has 0 bridgehead atoms. The number of amidine groups is 1. The Morgan fingerprint density at radius 2 is 1.66 bits per heavy atom. The molecule has 5 aromatic rings. The summed E-state index contributed by atoms with van der Waals surface area (Å²) < 4.78 is 6.13. The third kappa shape index (κ3) is 5.26. The Kier molecular flexibility index (Phi) is 7.82. The molecular formula is C32H31N8O4+. The molecule has 6 rings (SSSR count). The SMILES string of the molecule is CCC1=Nc2[nH]c(=O)n(CCc3ccccc3)c(=O)c2[N+]1(CC(=O)OC)Cc1ccc(-c2ccccc2-c2nn[nH]n2)cc1. The van der Waals surface area contributed by atoms with Gasteiger partial charge in [-0.15, -0.1) is 10.2 Å². The number of nitrogens with zero attached hydrogens (tertiary/aromatic N) is 6. The van der Waals surface area contributed by atoms with Crippen LogP contribution in [0, 0.1) is 0 Å². The van der Waals surface area contributed by atoms with E-state index in [-0.39, 0.29) is 35.6 Å². The Balaban J connectivity index is 1.40. The highest BCUT2D eigenvalue weighted by Gasteiger charge is 2.48. The number of rotatable bonds is 10. The second kappa shape index (κ2) is 12.0. The van der Waals surface area contributed by atoms with E-state index in [2.05, 4.69) is 30.6 Å². The summed E-state index contributed by atoms with van der Waals surface area (Å²) >= 11 is 0. The lowest BCUT2D eigenvalue weighted by atomic mass is 9.98. The van der Waals surface area contributed by atoms with Gasteiger partial charge in [0.1, 0.15) is 6.54 Å². The van der Waals surface area contributed by atoms with E-state index in [0.717, 1.165) is 27.8 Å². The predicted molar refractivity (Wildman–Crippen MR) is 166 cm³/mol. The zero-order valence-corrected chi connectivity index (χ0v) is 24.4. The van der Waals surface area contributed by atoms with Gasteiger partial charge in [-0.3, -0.25) is 14.3 Å². The molecule has 0 saturated heterocycles. The Morgan fingerprint density at radius 3 is 2.34 bits per heavy atom. The van der Waals surface area contributed by atoms with Gasteiger partial charge < -0.3 is 4.74 Å². The van der Waals surface area contributed by atoms with Crippen LogP contribution in [-0.2, 0) is 29.0 Å². The van der Waals surface area contributed by atoms with Crippen molar-refractivity contribution in [2.24, 2.45) is 4.99 Å². The number of aryl methyl sites for hydroxylation is 1. The highest BCUT2D eigenvalue weighted by molar-refractivity contribution is 6.03. The van der Waals surface area contributed by atoms with Gasteiger partial charge in [0, 0.05) is 24.1 Å². The standard InChI is InChI=1S/C32H30N8O4/c1-3-26-33-30-28(31(42)39(32(43)34-30)18-17-21-9-5-4-6-10-21)40(26,20-27(41)44-2)19-22-13-15-23(16-14-22)24-11-7-8-12-25(24)29-35-37-38-36-29/h4-16H,3,17-20H2,1-2H3,(H-,34,35,36,37,38,42,43)/p+1. The van der Waals surface area contributed by atoms with Crippen LogP contribution in [0.3, 0.4) is 0 Å². The van der Waals surface area contributed by atoms with Gasteiger partial charge in [0.25, 0.3) is 0 Å². The van der Waals surface area contributed by atoms with Gasteiger partial charge in [-0.2, -0.15) is 10.2 Å². The highest BCUT2D eigenvalue weighted by Crippen LogP contribution is 2.39. The van der Waals surface area contributed by atoms with Crippen LogP contribution in [0.5, 0.6) is 0 Å². The molecule has 2 aromatic heterocycles. The number of benzene rings is 3. The average Bonchev–Trinajstić information content (AvgIpc) is 3.68. The van der Waals surface area contributed by atoms with Crippen molar-refractivity contribution in [2.75, 3.05) is 13.7 Å². The average molecular weight is 592 g/mol. The van der Waals surface area contributed by atoms with Crippen LogP contribution in [-0.4, -0.2) is 55.6 Å². The minimum atomic E-state index is -0.536. The van der Waals surface area contributed by atoms with Crippen LogP contribution in [0.25, 0.3) is 22.5 Å². The van der Waals surface area contributed by atoms with Crippen molar-refractivity contribution >= 4 is 23.3 Å². The van der Waals surface area contributed by atoms with Gasteiger partial charge in [0.2, 0.25) is 23.2 Å². The molecule has 1 aliphatic rings. The fraction of sp³-hybridized carbons (Fsp3) is 0.219. The second-order valence-electron chi connectivity index (χ2n) is 10.5. The topological polar surface area (TPSA) is 148 Å². The monoisotopic (exact) mass is 591 g/mol. The van der Waals surface area contributed by atoms with Gasteiger partial charge in [0.05, 0.1) is 7.11 Å². The molecule has 1 unspecified atom stereocenters. The largest absolute Gasteiger partial charge is 0.465 e. The number of aromatic amines is 2. The molecule has 0 spiro atoms. The number of fused-ring (bicyclic) bond motifs is 1. The summed E-state index contributed by atoms with van der Waals surface area (Å²) in [5.74, 6) is 0.765. The smallest absolute Gasteiger partial charge is 0.362 e. The lowest BCUT2D eigenvalue weighted by molar-refractivity contribution is -0.140. The van der Waals surface area contributed by atoms with E-state index < -0.39 is 17.2 Å². The molecule has 0 amide bonds. The second-order valence-corrected chi connectivity index (χ2v) is 10.5. The number of aromatic nitrogens is 6. The summed E-state index contributed by atoms with van der Waals surface area (Å²) in [5.41, 5.74) is 3.82. The summed E-state index contributed by atoms with van der Waals surface area (Å²) in [6.07, 6.45) is 0.946. The molecule has 12 heteroatoms. The Bertz CT molecular complexity index is 1950. The number of esters is 1. The van der Waals surface area contributed by atoms with Crippen LogP contribution < -0.4 is 15.7 Å². The van der Waals surface area contributed by atoms with E-state index in [1.54, 1.807) is 0 Å². The van der Waals surface area contributed by atoms with Crippen LogP contribution in [0.2, 0.25) is 0 Å². The van der Waals surface area contributed by atoms with Crippen molar-refractivity contribution < 1.29 is 9.53 Å². The molecule has 44 heavy (non-hydrogen) atoms. The van der Waals surface area contributed by atoms with E-state index >= 15 is 0 Å². The molecular weight excluding hydrogens is 560 g/mol. The number of nitrogens with one attached hydrogen (secondary N) is 2. The number of hydrogen-bond acceptors (Lipinski definition) is 8. The summed E-state index contributed by atoms with van der Waals surface area (Å²) in [6, 6.07) is 25.3. The zero-order valence-electron chi connectivity index (χ0n) is 24.4. The maximum absolute atomic E-state index is 14.1. The molecule has 2 N–H and O–H groups in total. The number of quaternary nitrogens is 1. The molecule has 1 aliphatic heterocycles. The summed E-state index contributed by atoms with van der Waals surface area (Å²) in [5, 5.41) is 14.4. The van der Waals surface area contributed by atoms with Crippen LogP contribution in [0.15, 0.2) is 93.4 Å². The minimum Gasteiger partial charge on any atom is -0.465 e. The normalized spacial score (nSPS) is 15.5. The third-order valence-electron chi connectivity index (χ3n) is 7.95. The van der Waals surface area contributed by atoms with Gasteiger partial charge >= 0.3 is 17.2 Å². The first-order valence-corrected chi connectivity index (χ1v) is 14.3. The van der Waals surface area contributed by atoms with Gasteiger partial charge in [-0.05, 0) is 28.3 Å². The predicted octanol–water partition coefficient (Wildman–Crippen LogP) is 3.76. The van der Waals surface area contributed by atoms with Crippen molar-refractivity contribution in [1.29, 1.82) is 0 Å². The first kappa shape index (κ1) is 28.6. The number of ether oxygens (including phenoxy) is 1. The van der Waals surface area contributed by atoms with Crippen LogP contribution >= 0.6 is 0 Å². The van der Waals surface area contributed by atoms with Crippen molar-refractivity contribution in [3.63, 3.8) is 0 Å². The third-order valence-corrected chi connectivity index (χ3v) is 7.95. The number of carbonyl (C=O) groups excluding carboxylic acids is 1. The molecule has 3 aromatic carbocycles. The molecule has 3 heterocycles. The quantitative estimate of drug-likeness (QED) is 0.186. The van der Waals surface area contributed by atoms with E-state index in [0.29, 0.717) is 24.5 Å². The molecule has 222 valence electrons. The summed E-state index contributed by atoms with van der Waals surface area (Å²) in [4.78, 5) is 47.6. The van der Waals surface area contributed by atoms with E-state index in [9.17, 15) is 14.4 Å². The Labute approximate surface area is 252 Å². The lowest BCUT2D eigenvalue weighted by Gasteiger charge is -2.33. The maximum atomic E-state index is 14.1. The molecule has 0 fully saturated rings. The number of methoxy groups -OCH3 is 1. The molecule has 0 aliphatic carbocycles. The first-order chi connectivity index (χ1) is 21.4. The van der Waals surface area contributed by atoms with E-state index in [4.69, 9.17) is 4.74 Å². The van der Waals surface area contributed by atoms with Crippen molar-refractivity contribution in [1.82, 2.24) is 34.7 Å². The van der Waals surface area contributed by atoms with Gasteiger partial charge in [-0.1, -0.05) is 85.8 Å². The van der Waals surface area contributed by atoms with Crippen molar-refractivity contribution in [3.8, 4) is 22.5 Å². The number of hydrogen-bond donors (Lipinski definition) is 2. The molecule has 1 atom stereocenters. The highest BCUT2D eigenvalue weighted by atomic mass is 16.5. The molecule has 0 radical (unpaired) electrons. The van der Waals surface area contributed by atoms with Crippen molar-refractivity contribution in [3.05, 3.63) is 111 Å². The molecule has 0 saturated carbocycles. The van der Waals surface area contributed by atoms with Crippen LogP contribution in [0.4, 0.5) is 11.5 Å². The maximum Gasteiger partial charge on any atom is 0.362 e. The summed E-state index contributed by atoms with van der Waals surface area (Å²) in [7, 11) is 1.32.